The molecule has 0 spiro atoms. The van der Waals surface area contributed by atoms with Gasteiger partial charge >= 0.3 is 118 Å². The second kappa shape index (κ2) is 20.9. The molecule has 10 atom stereocenters. The SMILES string of the molecule is CO[C@@H]1C(COS(=O)(=O)[O-])O[C@@H](O[C@@H]2C(COS(=O)(=O)[O-])O[C@@H](C)C(OS(=O)(=O)[O-])C2O)[C@@H](OS(=O)(=O)[O-])C1O.[Na+].[Na+].[Na+].[Na+]. The van der Waals surface area contributed by atoms with Gasteiger partial charge in [0.05, 0.1) is 19.3 Å². The van der Waals surface area contributed by atoms with Gasteiger partial charge in [0, 0.05) is 7.11 Å². The van der Waals surface area contributed by atoms with Gasteiger partial charge in [-0.2, -0.15) is 0 Å². The molecule has 0 bridgehead atoms. The van der Waals surface area contributed by atoms with Crippen LogP contribution in [0.25, 0.3) is 0 Å². The van der Waals surface area contributed by atoms with Crippen molar-refractivity contribution in [2.45, 2.75) is 68.1 Å². The summed E-state index contributed by atoms with van der Waals surface area (Å²) in [4.78, 5) is 0. The Labute approximate surface area is 341 Å². The zero-order chi connectivity index (χ0) is 30.8. The fourth-order valence-electron chi connectivity index (χ4n) is 3.81. The van der Waals surface area contributed by atoms with Crippen LogP contribution in [-0.4, -0.2) is 144 Å². The molecule has 0 aliphatic carbocycles. The number of hydrogen-bond acceptors (Lipinski definition) is 22. The minimum absolute atomic E-state index is 0. The van der Waals surface area contributed by atoms with Crippen molar-refractivity contribution in [3.8, 4) is 0 Å². The molecule has 44 heavy (non-hydrogen) atoms. The minimum atomic E-state index is -5.70. The minimum Gasteiger partial charge on any atom is -0.726 e. The van der Waals surface area contributed by atoms with Gasteiger partial charge in [-0.1, -0.05) is 0 Å². The van der Waals surface area contributed by atoms with Gasteiger partial charge in [-0.15, -0.1) is 0 Å². The van der Waals surface area contributed by atoms with Crippen molar-refractivity contribution in [1.29, 1.82) is 0 Å². The van der Waals surface area contributed by atoms with Crippen molar-refractivity contribution < 1.29 is 216 Å². The van der Waals surface area contributed by atoms with Gasteiger partial charge in [-0.05, 0) is 6.92 Å². The zero-order valence-electron chi connectivity index (χ0n) is 23.9. The van der Waals surface area contributed by atoms with Crippen LogP contribution < -0.4 is 118 Å². The van der Waals surface area contributed by atoms with Gasteiger partial charge in [-0.3, -0.25) is 16.7 Å². The van der Waals surface area contributed by atoms with Crippen LogP contribution in [0, 0.1) is 0 Å². The number of aliphatic hydroxyl groups is 2. The number of aliphatic hydroxyl groups excluding tert-OH is 2. The van der Waals surface area contributed by atoms with E-state index in [1.54, 1.807) is 0 Å². The van der Waals surface area contributed by atoms with E-state index >= 15 is 0 Å². The normalized spacial score (nSPS) is 33.1. The van der Waals surface area contributed by atoms with E-state index in [4.69, 9.17) is 18.9 Å². The Morgan fingerprint density at radius 2 is 1.00 bits per heavy atom. The third-order valence-corrected chi connectivity index (χ3v) is 7.05. The topological polar surface area (TPSA) is 343 Å². The Morgan fingerprint density at radius 1 is 0.614 bits per heavy atom. The molecule has 0 amide bonds. The van der Waals surface area contributed by atoms with Crippen molar-refractivity contribution in [3.63, 3.8) is 0 Å². The third kappa shape index (κ3) is 17.4. The maximum absolute atomic E-state index is 11.3. The molecule has 0 aromatic rings. The molecule has 2 rings (SSSR count). The summed E-state index contributed by atoms with van der Waals surface area (Å²) in [5.74, 6) is 0. The molecule has 22 nitrogen and oxygen atoms in total. The molecule has 2 aliphatic rings. The molecule has 238 valence electrons. The van der Waals surface area contributed by atoms with Gasteiger partial charge < -0.3 is 47.4 Å². The van der Waals surface area contributed by atoms with Crippen LogP contribution in [0.15, 0.2) is 0 Å². The Balaban J connectivity index is -0.00000420. The van der Waals surface area contributed by atoms with Crippen LogP contribution in [0.1, 0.15) is 6.92 Å². The predicted octanol–water partition coefficient (Wildman–Crippen LogP) is -17.7. The molecule has 0 radical (unpaired) electrons. The molecular weight excluding hydrogens is 740 g/mol. The molecule has 0 aromatic heterocycles. The summed E-state index contributed by atoms with van der Waals surface area (Å²) in [7, 11) is -21.2. The number of rotatable bonds is 13. The average Bonchev–Trinajstić information content (AvgIpc) is 2.75. The maximum atomic E-state index is 11.3. The second-order valence-corrected chi connectivity index (χ2v) is 12.2. The summed E-state index contributed by atoms with van der Waals surface area (Å²) in [5, 5.41) is 21.3. The smallest absolute Gasteiger partial charge is 0.726 e. The van der Waals surface area contributed by atoms with Gasteiger partial charge in [0.15, 0.2) is 12.4 Å². The van der Waals surface area contributed by atoms with E-state index in [0.29, 0.717) is 0 Å². The van der Waals surface area contributed by atoms with Crippen LogP contribution in [0.4, 0.5) is 0 Å². The van der Waals surface area contributed by atoms with E-state index < -0.39 is 116 Å². The first-order valence-corrected chi connectivity index (χ1v) is 15.7. The first-order chi connectivity index (χ1) is 18.0. The number of hydrogen-bond donors (Lipinski definition) is 2. The fourth-order valence-corrected chi connectivity index (χ4v) is 5.43. The van der Waals surface area contributed by atoms with E-state index in [9.17, 15) is 62.1 Å². The quantitative estimate of drug-likeness (QED) is 0.0999. The molecule has 2 fully saturated rings. The van der Waals surface area contributed by atoms with Crippen LogP contribution in [-0.2, 0) is 77.3 Å². The zero-order valence-corrected chi connectivity index (χ0v) is 35.1. The van der Waals surface area contributed by atoms with Crippen LogP contribution >= 0.6 is 0 Å². The summed E-state index contributed by atoms with van der Waals surface area (Å²) in [6, 6.07) is 0. The first kappa shape index (κ1) is 51.6. The van der Waals surface area contributed by atoms with Crippen molar-refractivity contribution in [2.24, 2.45) is 0 Å². The monoisotopic (exact) mass is 762 g/mol. The average molecular weight is 763 g/mol. The molecule has 30 heteroatoms. The van der Waals surface area contributed by atoms with E-state index in [0.717, 1.165) is 14.0 Å². The van der Waals surface area contributed by atoms with Gasteiger partial charge in [-0.25, -0.2) is 33.7 Å². The molecule has 2 saturated heterocycles. The summed E-state index contributed by atoms with van der Waals surface area (Å²) in [5.41, 5.74) is 0. The Hall–Kier alpha value is 3.24. The van der Waals surface area contributed by atoms with Gasteiger partial charge in [0.1, 0.15) is 42.7 Å². The third-order valence-electron chi connectivity index (χ3n) is 5.28. The van der Waals surface area contributed by atoms with Crippen LogP contribution in [0.2, 0.25) is 0 Å². The van der Waals surface area contributed by atoms with Gasteiger partial charge in [0.25, 0.3) is 0 Å². The van der Waals surface area contributed by atoms with Crippen LogP contribution in [0.5, 0.6) is 0 Å². The number of methoxy groups -OCH3 is 1. The first-order valence-electron chi connectivity index (χ1n) is 10.4. The molecular formula is C14H22Na4O22S4. The van der Waals surface area contributed by atoms with E-state index in [1.165, 1.54) is 0 Å². The van der Waals surface area contributed by atoms with Crippen molar-refractivity contribution in [3.05, 3.63) is 0 Å². The van der Waals surface area contributed by atoms with Crippen molar-refractivity contribution >= 4 is 41.6 Å². The van der Waals surface area contributed by atoms with E-state index in [2.05, 4.69) is 16.7 Å². The van der Waals surface area contributed by atoms with E-state index in [-0.39, 0.29) is 118 Å². The Kier molecular flexibility index (Phi) is 24.6. The molecule has 2 N–H and O–H groups in total. The second-order valence-electron chi connectivity index (χ2n) is 8.03. The fraction of sp³-hybridized carbons (Fsp3) is 1.00. The predicted molar refractivity (Wildman–Crippen MR) is 111 cm³/mol. The summed E-state index contributed by atoms with van der Waals surface area (Å²) in [6.45, 7) is -1.43. The van der Waals surface area contributed by atoms with Crippen molar-refractivity contribution in [2.75, 3.05) is 20.3 Å². The van der Waals surface area contributed by atoms with Gasteiger partial charge in [0.2, 0.25) is 41.6 Å². The Bertz CT molecular complexity index is 1290. The largest absolute Gasteiger partial charge is 1.00 e. The van der Waals surface area contributed by atoms with Crippen molar-refractivity contribution in [1.82, 2.24) is 0 Å². The summed E-state index contributed by atoms with van der Waals surface area (Å²) >= 11 is 0. The summed E-state index contributed by atoms with van der Waals surface area (Å²) < 4.78 is 170. The number of ether oxygens (including phenoxy) is 4. The molecule has 5 unspecified atom stereocenters. The Morgan fingerprint density at radius 3 is 1.39 bits per heavy atom. The standard InChI is InChI=1S/C14H26O22S4.4Na/c1-5-10(35-39(23,24)25)8(15)12(7(32-5)4-31-38(20,21)22)34-14-13(36-40(26,27)28)9(16)11(29-2)6(33-14)3-30-37(17,18)19;;;;/h5-16H,3-4H2,1-2H3,(H,17,18,19)(H,20,21,22)(H,23,24,25)(H,26,27,28);;;;/q;4*+1/p-4/t5-,6?,7?,8?,9?,10?,11+,12+,13-,14-;;;;/m0..../s1. The molecule has 0 saturated carbocycles. The molecule has 2 aliphatic heterocycles. The van der Waals surface area contributed by atoms with E-state index in [1.807, 2.05) is 0 Å². The summed E-state index contributed by atoms with van der Waals surface area (Å²) in [6.07, 6.45) is -20.7. The molecule has 0 aromatic carbocycles. The maximum Gasteiger partial charge on any atom is 1.00 e. The van der Waals surface area contributed by atoms with Crippen LogP contribution in [0.3, 0.4) is 0 Å². The molecule has 2 heterocycles.